The van der Waals surface area contributed by atoms with E-state index < -0.39 is 0 Å². The Bertz CT molecular complexity index is 568. The van der Waals surface area contributed by atoms with Crippen molar-refractivity contribution in [2.45, 2.75) is 6.92 Å². The number of ether oxygens (including phenoxy) is 1. The van der Waals surface area contributed by atoms with Crippen molar-refractivity contribution in [2.75, 3.05) is 7.11 Å². The number of fused-ring (bicyclic) bond motifs is 1. The first-order valence-corrected chi connectivity index (χ1v) is 5.09. The molecule has 2 aromatic rings. The van der Waals surface area contributed by atoms with E-state index in [-0.39, 0.29) is 0 Å². The fourth-order valence-electron chi connectivity index (χ4n) is 1.51. The lowest BCUT2D eigenvalue weighted by atomic mass is 10.2. The van der Waals surface area contributed by atoms with Crippen LogP contribution in [-0.2, 0) is 0 Å². The predicted octanol–water partition coefficient (Wildman–Crippen LogP) is 2.29. The van der Waals surface area contributed by atoms with Crippen LogP contribution in [0, 0.1) is 18.3 Å². The third kappa shape index (κ3) is 1.47. The molecule has 0 saturated carbocycles. The van der Waals surface area contributed by atoms with Crippen LogP contribution in [0.1, 0.15) is 11.3 Å². The summed E-state index contributed by atoms with van der Waals surface area (Å²) in [5.74, 6) is 0.640. The van der Waals surface area contributed by atoms with Gasteiger partial charge in [-0.15, -0.1) is 0 Å². The van der Waals surface area contributed by atoms with Crippen LogP contribution < -0.4 is 4.74 Å². The van der Waals surface area contributed by atoms with Gasteiger partial charge in [-0.2, -0.15) is 10.4 Å². The normalized spacial score (nSPS) is 10.3. The zero-order valence-corrected chi connectivity index (χ0v) is 9.87. The molecule has 0 spiro atoms. The molecular formula is C10H8BrN3O. The summed E-state index contributed by atoms with van der Waals surface area (Å²) in [5.41, 5.74) is 1.97. The Morgan fingerprint density at radius 2 is 2.33 bits per heavy atom. The third-order valence-corrected chi connectivity index (χ3v) is 2.60. The van der Waals surface area contributed by atoms with E-state index in [0.717, 1.165) is 4.47 Å². The maximum absolute atomic E-state index is 9.02. The van der Waals surface area contributed by atoms with Crippen molar-refractivity contribution in [1.82, 2.24) is 9.61 Å². The molecule has 0 aliphatic rings. The van der Waals surface area contributed by atoms with Crippen molar-refractivity contribution in [1.29, 1.82) is 5.26 Å². The summed E-state index contributed by atoms with van der Waals surface area (Å²) < 4.78 is 7.73. The van der Waals surface area contributed by atoms with Gasteiger partial charge in [0.1, 0.15) is 22.9 Å². The first-order chi connectivity index (χ1) is 7.17. The van der Waals surface area contributed by atoms with Crippen LogP contribution in [0.2, 0.25) is 0 Å². The number of halogens is 1. The maximum atomic E-state index is 9.02. The summed E-state index contributed by atoms with van der Waals surface area (Å²) in [6.07, 6.45) is 1.80. The largest absolute Gasteiger partial charge is 0.494 e. The van der Waals surface area contributed by atoms with E-state index in [1.807, 2.05) is 6.07 Å². The topological polar surface area (TPSA) is 50.3 Å². The number of pyridine rings is 1. The smallest absolute Gasteiger partial charge is 0.147 e. The third-order valence-electron chi connectivity index (χ3n) is 2.17. The highest BCUT2D eigenvalue weighted by Gasteiger charge is 2.14. The van der Waals surface area contributed by atoms with Gasteiger partial charge in [0.2, 0.25) is 0 Å². The molecule has 0 unspecified atom stereocenters. The lowest BCUT2D eigenvalue weighted by Gasteiger charge is -2.03. The molecule has 0 radical (unpaired) electrons. The van der Waals surface area contributed by atoms with Crippen LogP contribution in [-0.4, -0.2) is 16.7 Å². The first kappa shape index (κ1) is 9.99. The second-order valence-corrected chi connectivity index (χ2v) is 4.01. The van der Waals surface area contributed by atoms with Crippen molar-refractivity contribution in [3.63, 3.8) is 0 Å². The van der Waals surface area contributed by atoms with Crippen molar-refractivity contribution >= 4 is 21.4 Å². The molecule has 0 amide bonds. The van der Waals surface area contributed by atoms with Crippen molar-refractivity contribution < 1.29 is 4.74 Å². The van der Waals surface area contributed by atoms with Gasteiger partial charge in [0.05, 0.1) is 12.8 Å². The number of hydrogen-bond acceptors (Lipinski definition) is 3. The summed E-state index contributed by atoms with van der Waals surface area (Å²) in [7, 11) is 1.57. The molecule has 0 aliphatic heterocycles. The van der Waals surface area contributed by atoms with Gasteiger partial charge in [0.15, 0.2) is 0 Å². The molecule has 0 atom stereocenters. The fourth-order valence-corrected chi connectivity index (χ4v) is 1.92. The summed E-state index contributed by atoms with van der Waals surface area (Å²) in [6.45, 7) is 1.80. The highest BCUT2D eigenvalue weighted by atomic mass is 79.9. The van der Waals surface area contributed by atoms with Gasteiger partial charge in [0.25, 0.3) is 0 Å². The number of methoxy groups -OCH3 is 1. The molecule has 0 bridgehead atoms. The lowest BCUT2D eigenvalue weighted by molar-refractivity contribution is 0.417. The molecule has 15 heavy (non-hydrogen) atoms. The standard InChI is InChI=1S/C10H8BrN3O/c1-6-8(4-12)10-9(15-2)3-7(11)5-14(10)13-6/h3,5H,1-2H3. The van der Waals surface area contributed by atoms with Crippen LogP contribution >= 0.6 is 15.9 Å². The molecule has 2 aromatic heterocycles. The van der Waals surface area contributed by atoms with E-state index in [0.29, 0.717) is 22.5 Å². The van der Waals surface area contributed by atoms with E-state index in [9.17, 15) is 0 Å². The molecule has 2 rings (SSSR count). The zero-order chi connectivity index (χ0) is 11.0. The van der Waals surface area contributed by atoms with Crippen LogP contribution in [0.15, 0.2) is 16.7 Å². The van der Waals surface area contributed by atoms with Crippen molar-refractivity contribution in [3.05, 3.63) is 28.0 Å². The quantitative estimate of drug-likeness (QED) is 0.795. The Balaban J connectivity index is 2.93. The van der Waals surface area contributed by atoms with Gasteiger partial charge in [0, 0.05) is 10.7 Å². The molecule has 2 heterocycles. The second-order valence-electron chi connectivity index (χ2n) is 3.09. The molecular weight excluding hydrogens is 258 g/mol. The van der Waals surface area contributed by atoms with Crippen molar-refractivity contribution in [2.24, 2.45) is 0 Å². The number of hydrogen-bond donors (Lipinski definition) is 0. The Kier molecular flexibility index (Phi) is 2.37. The molecule has 4 nitrogen and oxygen atoms in total. The van der Waals surface area contributed by atoms with Crippen LogP contribution in [0.25, 0.3) is 5.52 Å². The van der Waals surface area contributed by atoms with E-state index >= 15 is 0 Å². The maximum Gasteiger partial charge on any atom is 0.147 e. The minimum atomic E-state index is 0.555. The summed E-state index contributed by atoms with van der Waals surface area (Å²) >= 11 is 3.36. The highest BCUT2D eigenvalue weighted by Crippen LogP contribution is 2.28. The summed E-state index contributed by atoms with van der Waals surface area (Å²) in [4.78, 5) is 0. The molecule has 0 aromatic carbocycles. The monoisotopic (exact) mass is 265 g/mol. The van der Waals surface area contributed by atoms with Crippen LogP contribution in [0.5, 0.6) is 5.75 Å². The molecule has 0 N–H and O–H groups in total. The summed E-state index contributed by atoms with van der Waals surface area (Å²) in [5, 5.41) is 13.3. The van der Waals surface area contributed by atoms with E-state index in [4.69, 9.17) is 10.00 Å². The molecule has 5 heteroatoms. The Labute approximate surface area is 95.2 Å². The number of nitriles is 1. The van der Waals surface area contributed by atoms with Gasteiger partial charge >= 0.3 is 0 Å². The molecule has 0 saturated heterocycles. The number of nitrogens with zero attached hydrogens (tertiary/aromatic N) is 3. The van der Waals surface area contributed by atoms with Gasteiger partial charge in [-0.25, -0.2) is 4.52 Å². The SMILES string of the molecule is COc1cc(Br)cn2nc(C)c(C#N)c12. The average Bonchev–Trinajstić information content (AvgIpc) is 2.52. The number of rotatable bonds is 1. The van der Waals surface area contributed by atoms with Crippen LogP contribution in [0.4, 0.5) is 0 Å². The van der Waals surface area contributed by atoms with Gasteiger partial charge < -0.3 is 4.74 Å². The Morgan fingerprint density at radius 3 is 2.93 bits per heavy atom. The minimum Gasteiger partial charge on any atom is -0.494 e. The van der Waals surface area contributed by atoms with Gasteiger partial charge in [-0.05, 0) is 28.9 Å². The minimum absolute atomic E-state index is 0.555. The Morgan fingerprint density at radius 1 is 1.60 bits per heavy atom. The van der Waals surface area contributed by atoms with Gasteiger partial charge in [-0.3, -0.25) is 0 Å². The highest BCUT2D eigenvalue weighted by molar-refractivity contribution is 9.10. The number of aryl methyl sites for hydroxylation is 1. The predicted molar refractivity (Wildman–Crippen MR) is 58.9 cm³/mol. The summed E-state index contributed by atoms with van der Waals surface area (Å²) in [6, 6.07) is 3.95. The van der Waals surface area contributed by atoms with E-state index in [2.05, 4.69) is 27.1 Å². The lowest BCUT2D eigenvalue weighted by Crippen LogP contribution is -1.92. The first-order valence-electron chi connectivity index (χ1n) is 4.30. The Hall–Kier alpha value is -1.54. The molecule has 76 valence electrons. The van der Waals surface area contributed by atoms with E-state index in [1.165, 1.54) is 0 Å². The fraction of sp³-hybridized carbons (Fsp3) is 0.200. The molecule has 0 fully saturated rings. The van der Waals surface area contributed by atoms with Crippen molar-refractivity contribution in [3.8, 4) is 11.8 Å². The van der Waals surface area contributed by atoms with E-state index in [1.54, 1.807) is 24.7 Å². The van der Waals surface area contributed by atoms with Gasteiger partial charge in [-0.1, -0.05) is 0 Å². The second kappa shape index (κ2) is 3.55. The average molecular weight is 266 g/mol. The van der Waals surface area contributed by atoms with Crippen LogP contribution in [0.3, 0.4) is 0 Å². The zero-order valence-electron chi connectivity index (χ0n) is 8.28. The molecule has 0 aliphatic carbocycles. The number of aromatic nitrogens is 2.